The number of hydrogen-bond acceptors (Lipinski definition) is 3. The number of aryl methyl sites for hydroxylation is 1. The van der Waals surface area contributed by atoms with Crippen molar-refractivity contribution >= 4 is 16.9 Å². The van der Waals surface area contributed by atoms with Gasteiger partial charge in [0.15, 0.2) is 0 Å². The van der Waals surface area contributed by atoms with Crippen LogP contribution in [0.2, 0.25) is 0 Å². The van der Waals surface area contributed by atoms with Gasteiger partial charge in [-0.1, -0.05) is 0 Å². The van der Waals surface area contributed by atoms with E-state index in [1.54, 1.807) is 24.3 Å². The third-order valence-corrected chi connectivity index (χ3v) is 13.2. The van der Waals surface area contributed by atoms with E-state index in [-0.39, 0.29) is 4.90 Å². The van der Waals surface area contributed by atoms with Gasteiger partial charge >= 0.3 is 117 Å². The zero-order valence-electron chi connectivity index (χ0n) is 12.5. The van der Waals surface area contributed by atoms with Crippen LogP contribution in [0.15, 0.2) is 29.2 Å². The van der Waals surface area contributed by atoms with Crippen LogP contribution in [-0.4, -0.2) is 33.6 Å². The standard InChI is InChI=1S/C14H25O3PS/c1-6-18(5,7-2,8-3)17-19(15,16)14-11-9-13(4)10-12-14/h9-12H,6-8H2,1-5H3. The molecule has 5 heteroatoms. The maximum absolute atomic E-state index is 12.5. The van der Waals surface area contributed by atoms with Crippen molar-refractivity contribution in [2.45, 2.75) is 32.6 Å². The van der Waals surface area contributed by atoms with Crippen molar-refractivity contribution in [2.24, 2.45) is 0 Å². The molecule has 110 valence electrons. The fourth-order valence-corrected chi connectivity index (χ4v) is 7.75. The van der Waals surface area contributed by atoms with Crippen molar-refractivity contribution < 1.29 is 12.4 Å². The van der Waals surface area contributed by atoms with Gasteiger partial charge in [0.2, 0.25) is 0 Å². The third-order valence-electron chi connectivity index (χ3n) is 4.32. The summed E-state index contributed by atoms with van der Waals surface area (Å²) in [6, 6.07) is 6.83. The van der Waals surface area contributed by atoms with E-state index < -0.39 is 16.9 Å². The molecular formula is C14H25O3PS. The molecule has 0 radical (unpaired) electrons. The Morgan fingerprint density at radius 2 is 1.42 bits per heavy atom. The molecule has 0 aliphatic heterocycles. The predicted molar refractivity (Wildman–Crippen MR) is 83.9 cm³/mol. The normalized spacial score (nSPS) is 14.9. The third kappa shape index (κ3) is 3.56. The molecule has 0 unspecified atom stereocenters. The average molecular weight is 304 g/mol. The monoisotopic (exact) mass is 304 g/mol. The van der Waals surface area contributed by atoms with Crippen LogP contribution in [0, 0.1) is 6.92 Å². The van der Waals surface area contributed by atoms with Crippen LogP contribution < -0.4 is 0 Å². The van der Waals surface area contributed by atoms with Crippen LogP contribution in [-0.2, 0) is 14.1 Å². The molecule has 1 rings (SSSR count). The first kappa shape index (κ1) is 16.6. The van der Waals surface area contributed by atoms with Crippen LogP contribution in [0.25, 0.3) is 0 Å². The van der Waals surface area contributed by atoms with Crippen LogP contribution in [0.4, 0.5) is 0 Å². The van der Waals surface area contributed by atoms with Gasteiger partial charge in [0.25, 0.3) is 0 Å². The van der Waals surface area contributed by atoms with Crippen molar-refractivity contribution in [3.05, 3.63) is 29.8 Å². The molecule has 0 heterocycles. The zero-order valence-corrected chi connectivity index (χ0v) is 14.2. The quantitative estimate of drug-likeness (QED) is 0.750. The van der Waals surface area contributed by atoms with Gasteiger partial charge in [0.1, 0.15) is 0 Å². The van der Waals surface area contributed by atoms with Gasteiger partial charge in [0.05, 0.1) is 0 Å². The summed E-state index contributed by atoms with van der Waals surface area (Å²) in [5, 5.41) is 0. The summed E-state index contributed by atoms with van der Waals surface area (Å²) in [5.74, 6) is 0. The molecule has 1 aromatic rings. The Balaban J connectivity index is 3.19. The van der Waals surface area contributed by atoms with Crippen molar-refractivity contribution in [1.82, 2.24) is 0 Å². The Kier molecular flexibility index (Phi) is 4.82. The average Bonchev–Trinajstić information content (AvgIpc) is 2.39. The Morgan fingerprint density at radius 3 is 1.79 bits per heavy atom. The van der Waals surface area contributed by atoms with Gasteiger partial charge in [-0.2, -0.15) is 0 Å². The molecule has 0 spiro atoms. The minimum absolute atomic E-state index is 0.254. The molecule has 0 saturated heterocycles. The van der Waals surface area contributed by atoms with E-state index in [4.69, 9.17) is 3.97 Å². The van der Waals surface area contributed by atoms with Crippen LogP contribution >= 0.6 is 6.83 Å². The van der Waals surface area contributed by atoms with Crippen LogP contribution in [0.1, 0.15) is 26.3 Å². The maximum atomic E-state index is 12.5. The molecule has 1 aromatic carbocycles. The van der Waals surface area contributed by atoms with E-state index in [1.807, 2.05) is 34.4 Å². The fourth-order valence-electron chi connectivity index (χ4n) is 1.88. The van der Waals surface area contributed by atoms with Crippen LogP contribution in [0.5, 0.6) is 0 Å². The molecule has 0 bridgehead atoms. The molecule has 0 aliphatic carbocycles. The van der Waals surface area contributed by atoms with Gasteiger partial charge in [0, 0.05) is 0 Å². The molecule has 0 aromatic heterocycles. The SMILES string of the molecule is CCP(C)(CC)(CC)OS(=O)(=O)c1ccc(C)cc1. The summed E-state index contributed by atoms with van der Waals surface area (Å²) in [7, 11) is -3.67. The van der Waals surface area contributed by atoms with Crippen molar-refractivity contribution in [2.75, 3.05) is 25.2 Å². The predicted octanol–water partition coefficient (Wildman–Crippen LogP) is 3.86. The van der Waals surface area contributed by atoms with Crippen molar-refractivity contribution in [3.8, 4) is 0 Å². The van der Waals surface area contributed by atoms with E-state index in [9.17, 15) is 8.42 Å². The summed E-state index contributed by atoms with van der Waals surface area (Å²) in [5.41, 5.74) is 1.04. The van der Waals surface area contributed by atoms with Gasteiger partial charge in [-0.25, -0.2) is 0 Å². The second kappa shape index (κ2) is 5.51. The summed E-state index contributed by atoms with van der Waals surface area (Å²) < 4.78 is 30.7. The van der Waals surface area contributed by atoms with Crippen molar-refractivity contribution in [1.29, 1.82) is 0 Å². The second-order valence-corrected chi connectivity index (χ2v) is 13.7. The molecule has 3 nitrogen and oxygen atoms in total. The van der Waals surface area contributed by atoms with Gasteiger partial charge in [-0.05, 0) is 0 Å². The molecule has 0 atom stereocenters. The molecule has 0 fully saturated rings. The van der Waals surface area contributed by atoms with E-state index >= 15 is 0 Å². The molecule has 0 amide bonds. The van der Waals surface area contributed by atoms with Gasteiger partial charge < -0.3 is 0 Å². The Hall–Kier alpha value is -0.440. The van der Waals surface area contributed by atoms with Crippen LogP contribution in [0.3, 0.4) is 0 Å². The zero-order chi connectivity index (χ0) is 14.8. The first-order chi connectivity index (χ1) is 8.69. The van der Waals surface area contributed by atoms with E-state index in [2.05, 4.69) is 0 Å². The Morgan fingerprint density at radius 1 is 1.00 bits per heavy atom. The van der Waals surface area contributed by atoms with E-state index in [0.29, 0.717) is 0 Å². The molecular weight excluding hydrogens is 279 g/mol. The minimum atomic E-state index is -3.67. The second-order valence-electron chi connectivity index (χ2n) is 5.48. The number of hydrogen-bond donors (Lipinski definition) is 0. The summed E-state index contributed by atoms with van der Waals surface area (Å²) in [6.45, 7) is 7.41. The van der Waals surface area contributed by atoms with Crippen molar-refractivity contribution in [3.63, 3.8) is 0 Å². The first-order valence-electron chi connectivity index (χ1n) is 6.73. The number of rotatable bonds is 6. The summed E-state index contributed by atoms with van der Waals surface area (Å²) >= 11 is 0. The van der Waals surface area contributed by atoms with Gasteiger partial charge in [-0.15, -0.1) is 0 Å². The number of benzene rings is 1. The summed E-state index contributed by atoms with van der Waals surface area (Å²) in [6.07, 6.45) is 2.34. The molecule has 0 aliphatic rings. The van der Waals surface area contributed by atoms with E-state index in [1.165, 1.54) is 0 Å². The Labute approximate surface area is 117 Å². The Bertz CT molecular complexity index is 519. The van der Waals surface area contributed by atoms with E-state index in [0.717, 1.165) is 24.0 Å². The molecule has 19 heavy (non-hydrogen) atoms. The fraction of sp³-hybridized carbons (Fsp3) is 0.571. The topological polar surface area (TPSA) is 43.4 Å². The summed E-state index contributed by atoms with van der Waals surface area (Å²) in [4.78, 5) is 0.254. The molecule has 0 saturated carbocycles. The first-order valence-corrected chi connectivity index (χ1v) is 11.3. The molecule has 0 N–H and O–H groups in total. The van der Waals surface area contributed by atoms with Gasteiger partial charge in [-0.3, -0.25) is 0 Å².